The van der Waals surface area contributed by atoms with Gasteiger partial charge < -0.3 is 15.4 Å². The van der Waals surface area contributed by atoms with Gasteiger partial charge in [0.2, 0.25) is 5.91 Å². The Hall–Kier alpha value is -1.83. The zero-order valence-electron chi connectivity index (χ0n) is 13.6. The smallest absolute Gasteiger partial charge is 0.228 e. The summed E-state index contributed by atoms with van der Waals surface area (Å²) in [5.41, 5.74) is 0.728. The summed E-state index contributed by atoms with van der Waals surface area (Å²) < 4.78 is 7.36. The van der Waals surface area contributed by atoms with Crippen molar-refractivity contribution in [1.29, 1.82) is 0 Å². The van der Waals surface area contributed by atoms with Crippen LogP contribution in [0, 0.1) is 5.92 Å². The molecule has 0 saturated heterocycles. The lowest BCUT2D eigenvalue weighted by molar-refractivity contribution is -0.119. The van der Waals surface area contributed by atoms with E-state index >= 15 is 0 Å². The first-order valence-electron chi connectivity index (χ1n) is 7.20. The van der Waals surface area contributed by atoms with E-state index in [2.05, 4.69) is 20.7 Å². The van der Waals surface area contributed by atoms with E-state index in [0.29, 0.717) is 25.4 Å². The van der Waals surface area contributed by atoms with Crippen molar-refractivity contribution in [3.8, 4) is 5.75 Å². The van der Waals surface area contributed by atoms with E-state index in [4.69, 9.17) is 4.74 Å². The molecule has 0 aliphatic rings. The highest BCUT2D eigenvalue weighted by Gasteiger charge is 2.12. The van der Waals surface area contributed by atoms with E-state index in [9.17, 15) is 4.79 Å². The molecule has 1 amide bonds. The number of aromatic nitrogens is 3. The van der Waals surface area contributed by atoms with Gasteiger partial charge in [-0.1, -0.05) is 13.0 Å². The van der Waals surface area contributed by atoms with Crippen molar-refractivity contribution in [3.05, 3.63) is 36.9 Å². The second-order valence-electron chi connectivity index (χ2n) is 4.98. The van der Waals surface area contributed by atoms with Crippen LogP contribution in [-0.2, 0) is 11.3 Å². The molecule has 1 unspecified atom stereocenters. The molecule has 0 aliphatic carbocycles. The first kappa shape index (κ1) is 22.2. The van der Waals surface area contributed by atoms with Crippen LogP contribution < -0.4 is 15.4 Å². The molecular formula is C15H23Cl2N5O2. The second-order valence-corrected chi connectivity index (χ2v) is 4.98. The summed E-state index contributed by atoms with van der Waals surface area (Å²) in [7, 11) is 1.83. The van der Waals surface area contributed by atoms with Gasteiger partial charge in [0.15, 0.2) is 0 Å². The van der Waals surface area contributed by atoms with E-state index in [1.807, 2.05) is 38.2 Å². The zero-order chi connectivity index (χ0) is 15.8. The molecule has 1 heterocycles. The molecule has 0 radical (unpaired) electrons. The van der Waals surface area contributed by atoms with E-state index < -0.39 is 0 Å². The summed E-state index contributed by atoms with van der Waals surface area (Å²) in [6.45, 7) is 3.62. The quantitative estimate of drug-likeness (QED) is 0.737. The van der Waals surface area contributed by atoms with Crippen LogP contribution in [0.3, 0.4) is 0 Å². The largest absolute Gasteiger partial charge is 0.492 e. The molecule has 9 heteroatoms. The number of anilines is 1. The molecule has 0 saturated carbocycles. The van der Waals surface area contributed by atoms with Crippen molar-refractivity contribution in [3.63, 3.8) is 0 Å². The number of hydrogen-bond donors (Lipinski definition) is 2. The van der Waals surface area contributed by atoms with Crippen LogP contribution in [-0.4, -0.2) is 40.9 Å². The van der Waals surface area contributed by atoms with Crippen LogP contribution >= 0.6 is 24.8 Å². The van der Waals surface area contributed by atoms with Gasteiger partial charge in [-0.25, -0.2) is 9.67 Å². The molecule has 0 spiro atoms. The summed E-state index contributed by atoms with van der Waals surface area (Å²) >= 11 is 0. The maximum absolute atomic E-state index is 12.0. The minimum atomic E-state index is -0.0955. The minimum Gasteiger partial charge on any atom is -0.492 e. The number of rotatable bonds is 8. The monoisotopic (exact) mass is 375 g/mol. The van der Waals surface area contributed by atoms with Crippen LogP contribution in [0.4, 0.5) is 5.69 Å². The molecule has 0 fully saturated rings. The molecule has 1 aromatic carbocycles. The highest BCUT2D eigenvalue weighted by atomic mass is 35.5. The van der Waals surface area contributed by atoms with Crippen molar-refractivity contribution >= 4 is 36.4 Å². The van der Waals surface area contributed by atoms with Crippen LogP contribution in [0.1, 0.15) is 6.92 Å². The molecule has 1 atom stereocenters. The number of ether oxygens (including phenoxy) is 1. The molecular weight excluding hydrogens is 353 g/mol. The van der Waals surface area contributed by atoms with Gasteiger partial charge in [-0.3, -0.25) is 4.79 Å². The summed E-state index contributed by atoms with van der Waals surface area (Å²) in [4.78, 5) is 15.8. The maximum Gasteiger partial charge on any atom is 0.228 e. The number of carbonyl (C=O) groups is 1. The Bertz CT molecular complexity index is 595. The number of benzene rings is 1. The third-order valence-corrected chi connectivity index (χ3v) is 3.12. The molecule has 2 aromatic rings. The van der Waals surface area contributed by atoms with Crippen molar-refractivity contribution in [2.75, 3.05) is 25.5 Å². The van der Waals surface area contributed by atoms with Crippen LogP contribution in [0.15, 0.2) is 36.9 Å². The fourth-order valence-corrected chi connectivity index (χ4v) is 1.93. The molecule has 0 bridgehead atoms. The van der Waals surface area contributed by atoms with Crippen LogP contribution in [0.2, 0.25) is 0 Å². The van der Waals surface area contributed by atoms with E-state index in [0.717, 1.165) is 5.69 Å². The number of halogens is 2. The van der Waals surface area contributed by atoms with Crippen LogP contribution in [0.5, 0.6) is 5.75 Å². The molecule has 2 rings (SSSR count). The van der Waals surface area contributed by atoms with E-state index in [1.165, 1.54) is 6.33 Å². The summed E-state index contributed by atoms with van der Waals surface area (Å²) in [5.74, 6) is 0.593. The molecule has 7 nitrogen and oxygen atoms in total. The second kappa shape index (κ2) is 11.7. The number of nitrogens with one attached hydrogen (secondary N) is 2. The van der Waals surface area contributed by atoms with Gasteiger partial charge in [-0.2, -0.15) is 5.10 Å². The summed E-state index contributed by atoms with van der Waals surface area (Å²) in [5, 5.41) is 9.88. The average molecular weight is 376 g/mol. The molecule has 134 valence electrons. The zero-order valence-corrected chi connectivity index (χ0v) is 15.3. The first-order chi connectivity index (χ1) is 10.7. The first-order valence-corrected chi connectivity index (χ1v) is 7.20. The molecule has 24 heavy (non-hydrogen) atoms. The number of hydrogen-bond acceptors (Lipinski definition) is 5. The fraction of sp³-hybridized carbons (Fsp3) is 0.400. The van der Waals surface area contributed by atoms with Crippen molar-refractivity contribution < 1.29 is 9.53 Å². The topological polar surface area (TPSA) is 81.1 Å². The number of nitrogens with zero attached hydrogens (tertiary/aromatic N) is 3. The van der Waals surface area contributed by atoms with E-state index in [1.54, 1.807) is 11.0 Å². The Morgan fingerprint density at radius 1 is 1.38 bits per heavy atom. The van der Waals surface area contributed by atoms with E-state index in [-0.39, 0.29) is 36.6 Å². The lowest BCUT2D eigenvalue weighted by atomic mass is 10.1. The molecule has 1 aromatic heterocycles. The Morgan fingerprint density at radius 2 is 2.17 bits per heavy atom. The predicted octanol–water partition coefficient (Wildman–Crippen LogP) is 1.99. The average Bonchev–Trinajstić information content (AvgIpc) is 3.01. The minimum absolute atomic E-state index is 0. The van der Waals surface area contributed by atoms with Gasteiger partial charge in [0.05, 0.1) is 6.54 Å². The van der Waals surface area contributed by atoms with Gasteiger partial charge in [0, 0.05) is 24.2 Å². The lowest BCUT2D eigenvalue weighted by Gasteiger charge is -2.12. The van der Waals surface area contributed by atoms with Gasteiger partial charge in [0.1, 0.15) is 25.0 Å². The van der Waals surface area contributed by atoms with Crippen LogP contribution in [0.25, 0.3) is 0 Å². The summed E-state index contributed by atoms with van der Waals surface area (Å²) in [6, 6.07) is 7.36. The Balaban J connectivity index is 0.00000264. The molecule has 0 aliphatic heterocycles. The highest BCUT2D eigenvalue weighted by Crippen LogP contribution is 2.18. The Morgan fingerprint density at radius 3 is 2.83 bits per heavy atom. The third kappa shape index (κ3) is 7.16. The molecule has 2 N–H and O–H groups in total. The fourth-order valence-electron chi connectivity index (χ4n) is 1.93. The SMILES string of the molecule is CNCC(C)C(=O)Nc1cccc(OCCn2cncn2)c1.Cl.Cl. The predicted molar refractivity (Wildman–Crippen MR) is 98.2 cm³/mol. The van der Waals surface area contributed by atoms with Gasteiger partial charge in [-0.15, -0.1) is 24.8 Å². The highest BCUT2D eigenvalue weighted by molar-refractivity contribution is 5.92. The summed E-state index contributed by atoms with van der Waals surface area (Å²) in [6.07, 6.45) is 3.13. The number of carbonyl (C=O) groups excluding carboxylic acids is 1. The Kier molecular flexibility index (Phi) is 10.8. The third-order valence-electron chi connectivity index (χ3n) is 3.12. The van der Waals surface area contributed by atoms with Crippen molar-refractivity contribution in [1.82, 2.24) is 20.1 Å². The van der Waals surface area contributed by atoms with Crippen molar-refractivity contribution in [2.45, 2.75) is 13.5 Å². The normalized spacial score (nSPS) is 10.9. The Labute approximate surface area is 154 Å². The van der Waals surface area contributed by atoms with Crippen molar-refractivity contribution in [2.24, 2.45) is 5.92 Å². The van der Waals surface area contributed by atoms with Gasteiger partial charge in [-0.05, 0) is 19.2 Å². The lowest BCUT2D eigenvalue weighted by Crippen LogP contribution is -2.28. The maximum atomic E-state index is 12.0. The van der Waals surface area contributed by atoms with Gasteiger partial charge in [0.25, 0.3) is 0 Å². The van der Waals surface area contributed by atoms with Gasteiger partial charge >= 0.3 is 0 Å². The number of amides is 1. The standard InChI is InChI=1S/C15H21N5O2.2ClH/c1-12(9-16-2)15(21)19-13-4-3-5-14(8-13)22-7-6-20-11-17-10-18-20;;/h3-5,8,10-12,16H,6-7,9H2,1-2H3,(H,19,21);2*1H.